The van der Waals surface area contributed by atoms with Crippen LogP contribution in [0.25, 0.3) is 0 Å². The molecule has 1 aromatic heterocycles. The first-order valence-corrected chi connectivity index (χ1v) is 7.11. The summed E-state index contributed by atoms with van der Waals surface area (Å²) in [5, 5.41) is 4.45. The van der Waals surface area contributed by atoms with E-state index < -0.39 is 10.8 Å². The molecule has 0 saturated heterocycles. The maximum absolute atomic E-state index is 12.2. The molecule has 5 nitrogen and oxygen atoms in total. The van der Waals surface area contributed by atoms with Crippen molar-refractivity contribution in [2.24, 2.45) is 0 Å². The molecular formula is C11H13ClN4OS. The van der Waals surface area contributed by atoms with Gasteiger partial charge in [-0.25, -0.2) is 9.67 Å². The topological polar surface area (TPSA) is 73.8 Å². The minimum atomic E-state index is -1.26. The molecule has 1 aromatic carbocycles. The highest BCUT2D eigenvalue weighted by Crippen LogP contribution is 2.23. The Kier molecular flexibility index (Phi) is 3.98. The molecule has 1 heterocycles. The number of hydrogen-bond donors (Lipinski definition) is 1. The summed E-state index contributed by atoms with van der Waals surface area (Å²) in [4.78, 5) is 4.66. The Hall–Kier alpha value is -1.40. The van der Waals surface area contributed by atoms with Crippen LogP contribution in [-0.2, 0) is 23.1 Å². The molecule has 7 heteroatoms. The minimum absolute atomic E-state index is 0.289. The van der Waals surface area contributed by atoms with Crippen molar-refractivity contribution in [2.75, 3.05) is 5.73 Å². The number of halogens is 1. The van der Waals surface area contributed by atoms with Crippen LogP contribution in [-0.4, -0.2) is 19.0 Å². The number of anilines is 1. The second-order valence-corrected chi connectivity index (χ2v) is 5.50. The average molecular weight is 285 g/mol. The Balaban J connectivity index is 2.22. The summed E-state index contributed by atoms with van der Waals surface area (Å²) >= 11 is 6.02. The molecule has 2 aromatic rings. The van der Waals surface area contributed by atoms with Gasteiger partial charge in [-0.1, -0.05) is 11.6 Å². The first-order chi connectivity index (χ1) is 8.61. The van der Waals surface area contributed by atoms with Crippen LogP contribution in [0.4, 0.5) is 5.69 Å². The van der Waals surface area contributed by atoms with Crippen LogP contribution in [0.2, 0.25) is 5.02 Å². The number of aromatic nitrogens is 3. The first kappa shape index (κ1) is 13.0. The zero-order chi connectivity index (χ0) is 13.1. The second-order valence-electron chi connectivity index (χ2n) is 3.67. The molecule has 0 saturated carbocycles. The summed E-state index contributed by atoms with van der Waals surface area (Å²) in [5.41, 5.74) is 6.15. The van der Waals surface area contributed by atoms with Gasteiger partial charge < -0.3 is 5.73 Å². The maximum Gasteiger partial charge on any atom is 0.139 e. The number of aryl methyl sites for hydroxylation is 1. The van der Waals surface area contributed by atoms with E-state index in [-0.39, 0.29) is 5.75 Å². The third-order valence-corrected chi connectivity index (χ3v) is 4.25. The number of benzene rings is 1. The van der Waals surface area contributed by atoms with E-state index in [1.807, 2.05) is 6.92 Å². The lowest BCUT2D eigenvalue weighted by Crippen LogP contribution is -2.07. The van der Waals surface area contributed by atoms with E-state index in [1.54, 1.807) is 22.9 Å². The number of nitrogen functional groups attached to an aromatic ring is 1. The fourth-order valence-corrected chi connectivity index (χ4v) is 3.12. The lowest BCUT2D eigenvalue weighted by Gasteiger charge is -2.06. The van der Waals surface area contributed by atoms with Crippen LogP contribution < -0.4 is 5.73 Å². The molecule has 0 radical (unpaired) electrons. The third kappa shape index (κ3) is 2.70. The van der Waals surface area contributed by atoms with Crippen LogP contribution in [0.1, 0.15) is 12.7 Å². The Morgan fingerprint density at radius 2 is 2.28 bits per heavy atom. The van der Waals surface area contributed by atoms with Crippen LogP contribution in [0, 0.1) is 0 Å². The lowest BCUT2D eigenvalue weighted by atomic mass is 10.3. The SMILES string of the molecule is CCn1ncnc1CS(=O)c1ccc(N)cc1Cl. The van der Waals surface area contributed by atoms with Crippen LogP contribution >= 0.6 is 11.6 Å². The first-order valence-electron chi connectivity index (χ1n) is 5.42. The minimum Gasteiger partial charge on any atom is -0.399 e. The van der Waals surface area contributed by atoms with Gasteiger partial charge >= 0.3 is 0 Å². The zero-order valence-corrected chi connectivity index (χ0v) is 11.4. The summed E-state index contributed by atoms with van der Waals surface area (Å²) in [6.07, 6.45) is 1.46. The summed E-state index contributed by atoms with van der Waals surface area (Å²) in [7, 11) is -1.26. The van der Waals surface area contributed by atoms with E-state index in [4.69, 9.17) is 17.3 Å². The summed E-state index contributed by atoms with van der Waals surface area (Å²) in [5.74, 6) is 0.973. The highest BCUT2D eigenvalue weighted by Gasteiger charge is 2.13. The van der Waals surface area contributed by atoms with Crippen molar-refractivity contribution in [1.29, 1.82) is 0 Å². The van der Waals surface area contributed by atoms with E-state index in [9.17, 15) is 4.21 Å². The molecular weight excluding hydrogens is 272 g/mol. The molecule has 18 heavy (non-hydrogen) atoms. The Morgan fingerprint density at radius 1 is 1.50 bits per heavy atom. The Morgan fingerprint density at radius 3 is 2.94 bits per heavy atom. The van der Waals surface area contributed by atoms with E-state index in [0.717, 1.165) is 0 Å². The average Bonchev–Trinajstić information content (AvgIpc) is 2.76. The molecule has 0 aliphatic rings. The van der Waals surface area contributed by atoms with Gasteiger partial charge in [0.05, 0.1) is 26.5 Å². The van der Waals surface area contributed by atoms with Crippen LogP contribution in [0.15, 0.2) is 29.4 Å². The molecule has 0 spiro atoms. The zero-order valence-electron chi connectivity index (χ0n) is 9.84. The maximum atomic E-state index is 12.2. The molecule has 0 amide bonds. The Bertz CT molecular complexity index is 584. The van der Waals surface area contributed by atoms with Crippen molar-refractivity contribution < 1.29 is 4.21 Å². The van der Waals surface area contributed by atoms with E-state index in [2.05, 4.69) is 10.1 Å². The highest BCUT2D eigenvalue weighted by atomic mass is 35.5. The van der Waals surface area contributed by atoms with Gasteiger partial charge in [-0.05, 0) is 25.1 Å². The predicted molar refractivity (Wildman–Crippen MR) is 71.7 cm³/mol. The van der Waals surface area contributed by atoms with Crippen molar-refractivity contribution in [3.8, 4) is 0 Å². The number of nitrogens with zero attached hydrogens (tertiary/aromatic N) is 3. The quantitative estimate of drug-likeness (QED) is 0.870. The van der Waals surface area contributed by atoms with Gasteiger partial charge in [-0.3, -0.25) is 4.21 Å². The summed E-state index contributed by atoms with van der Waals surface area (Å²) < 4.78 is 13.9. The number of nitrogens with two attached hydrogens (primary N) is 1. The lowest BCUT2D eigenvalue weighted by molar-refractivity contribution is 0.627. The normalized spacial score (nSPS) is 12.6. The van der Waals surface area contributed by atoms with Gasteiger partial charge in [0.2, 0.25) is 0 Å². The van der Waals surface area contributed by atoms with Crippen molar-refractivity contribution in [3.63, 3.8) is 0 Å². The van der Waals surface area contributed by atoms with Crippen LogP contribution in [0.5, 0.6) is 0 Å². The molecule has 0 bridgehead atoms. The van der Waals surface area contributed by atoms with Gasteiger partial charge in [-0.2, -0.15) is 5.10 Å². The fourth-order valence-electron chi connectivity index (χ4n) is 1.56. The van der Waals surface area contributed by atoms with E-state index >= 15 is 0 Å². The molecule has 96 valence electrons. The fraction of sp³-hybridized carbons (Fsp3) is 0.273. The number of rotatable bonds is 4. The van der Waals surface area contributed by atoms with Crippen molar-refractivity contribution in [2.45, 2.75) is 24.1 Å². The van der Waals surface area contributed by atoms with Crippen molar-refractivity contribution in [1.82, 2.24) is 14.8 Å². The number of hydrogen-bond acceptors (Lipinski definition) is 4. The van der Waals surface area contributed by atoms with Crippen molar-refractivity contribution in [3.05, 3.63) is 35.4 Å². The molecule has 1 unspecified atom stereocenters. The van der Waals surface area contributed by atoms with E-state index in [0.29, 0.717) is 28.0 Å². The second kappa shape index (κ2) is 5.49. The summed E-state index contributed by atoms with van der Waals surface area (Å²) in [6.45, 7) is 2.65. The molecule has 2 rings (SSSR count). The van der Waals surface area contributed by atoms with E-state index in [1.165, 1.54) is 6.33 Å². The van der Waals surface area contributed by atoms with Gasteiger partial charge in [0, 0.05) is 12.2 Å². The summed E-state index contributed by atoms with van der Waals surface area (Å²) in [6, 6.07) is 4.96. The predicted octanol–water partition coefficient (Wildman–Crippen LogP) is 1.84. The van der Waals surface area contributed by atoms with Gasteiger partial charge in [0.15, 0.2) is 0 Å². The smallest absolute Gasteiger partial charge is 0.139 e. The molecule has 2 N–H and O–H groups in total. The van der Waals surface area contributed by atoms with Crippen molar-refractivity contribution >= 4 is 28.1 Å². The molecule has 0 aliphatic carbocycles. The third-order valence-electron chi connectivity index (χ3n) is 2.46. The van der Waals surface area contributed by atoms with Crippen LogP contribution in [0.3, 0.4) is 0 Å². The molecule has 0 fully saturated rings. The van der Waals surface area contributed by atoms with Gasteiger partial charge in [-0.15, -0.1) is 0 Å². The monoisotopic (exact) mass is 284 g/mol. The molecule has 1 atom stereocenters. The Labute approximate surface area is 112 Å². The largest absolute Gasteiger partial charge is 0.399 e. The van der Waals surface area contributed by atoms with Gasteiger partial charge in [0.1, 0.15) is 12.2 Å². The standard InChI is InChI=1S/C11H13ClN4OS/c1-2-16-11(14-7-15-16)6-18(17)10-4-3-8(13)5-9(10)12/h3-5,7H,2,6,13H2,1H3. The molecule has 0 aliphatic heterocycles. The van der Waals surface area contributed by atoms with Gasteiger partial charge in [0.25, 0.3) is 0 Å². The highest BCUT2D eigenvalue weighted by molar-refractivity contribution is 7.84.